The Labute approximate surface area is 100 Å². The number of hydrogen-bond acceptors (Lipinski definition) is 0. The van der Waals surface area contributed by atoms with Crippen molar-refractivity contribution >= 4 is 0 Å². The third-order valence-electron chi connectivity index (χ3n) is 2.94. The molecule has 0 aromatic heterocycles. The van der Waals surface area contributed by atoms with Gasteiger partial charge in [-0.05, 0) is 22.5 Å². The fraction of sp³-hybridized carbons (Fsp3) is 0.500. The Bertz CT molecular complexity index is 385. The number of hydrogen-bond donors (Lipinski definition) is 0. The Morgan fingerprint density at radius 1 is 1.12 bits per heavy atom. The summed E-state index contributed by atoms with van der Waals surface area (Å²) in [5, 5.41) is 0. The first-order valence-electron chi connectivity index (χ1n) is 5.92. The molecule has 0 heteroatoms. The standard InChI is InChI=1S/C16H22/c1-7-15(16(4,5)6)14-10-8-9-13(11-14)12(2)3/h1,8-12,15H,2-6H3/t15-/m0/s1. The summed E-state index contributed by atoms with van der Waals surface area (Å²) in [6.07, 6.45) is 5.67. The quantitative estimate of drug-likeness (QED) is 0.632. The van der Waals surface area contributed by atoms with Crippen LogP contribution in [-0.2, 0) is 0 Å². The van der Waals surface area contributed by atoms with Crippen LogP contribution in [0.3, 0.4) is 0 Å². The SMILES string of the molecule is C#C[C@@H](c1cccc(C(C)C)c1)C(C)(C)C. The van der Waals surface area contributed by atoms with Gasteiger partial charge in [0.1, 0.15) is 0 Å². The van der Waals surface area contributed by atoms with Crippen LogP contribution in [0.5, 0.6) is 0 Å². The highest BCUT2D eigenvalue weighted by molar-refractivity contribution is 5.33. The Morgan fingerprint density at radius 3 is 2.12 bits per heavy atom. The van der Waals surface area contributed by atoms with E-state index in [-0.39, 0.29) is 11.3 Å². The summed E-state index contributed by atoms with van der Waals surface area (Å²) >= 11 is 0. The summed E-state index contributed by atoms with van der Waals surface area (Å²) in [4.78, 5) is 0. The van der Waals surface area contributed by atoms with Gasteiger partial charge < -0.3 is 0 Å². The Kier molecular flexibility index (Phi) is 3.81. The summed E-state index contributed by atoms with van der Waals surface area (Å²) in [7, 11) is 0. The molecule has 1 aromatic carbocycles. The second kappa shape index (κ2) is 4.74. The second-order valence-corrected chi connectivity index (χ2v) is 5.79. The van der Waals surface area contributed by atoms with E-state index in [1.54, 1.807) is 0 Å². The van der Waals surface area contributed by atoms with Gasteiger partial charge in [0.25, 0.3) is 0 Å². The molecule has 0 N–H and O–H groups in total. The van der Waals surface area contributed by atoms with Crippen LogP contribution in [0.2, 0.25) is 0 Å². The summed E-state index contributed by atoms with van der Waals surface area (Å²) in [5.74, 6) is 3.66. The lowest BCUT2D eigenvalue weighted by atomic mass is 9.76. The van der Waals surface area contributed by atoms with Gasteiger partial charge in [0.2, 0.25) is 0 Å². The first kappa shape index (κ1) is 12.8. The van der Waals surface area contributed by atoms with E-state index in [4.69, 9.17) is 6.42 Å². The van der Waals surface area contributed by atoms with Gasteiger partial charge in [-0.2, -0.15) is 0 Å². The maximum absolute atomic E-state index is 5.67. The molecule has 0 saturated heterocycles. The zero-order valence-electron chi connectivity index (χ0n) is 11.0. The first-order chi connectivity index (χ1) is 7.36. The fourth-order valence-corrected chi connectivity index (χ4v) is 1.94. The monoisotopic (exact) mass is 214 g/mol. The number of terminal acetylenes is 1. The maximum Gasteiger partial charge on any atom is 0.0498 e. The Morgan fingerprint density at radius 2 is 1.69 bits per heavy atom. The largest absolute Gasteiger partial charge is 0.119 e. The normalized spacial score (nSPS) is 13.6. The highest BCUT2D eigenvalue weighted by Crippen LogP contribution is 2.35. The molecule has 0 saturated carbocycles. The van der Waals surface area contributed by atoms with Crippen LogP contribution in [0, 0.1) is 17.8 Å². The summed E-state index contributed by atoms with van der Waals surface area (Å²) in [6, 6.07) is 8.67. The second-order valence-electron chi connectivity index (χ2n) is 5.79. The minimum Gasteiger partial charge on any atom is -0.119 e. The van der Waals surface area contributed by atoms with E-state index in [2.05, 4.69) is 64.8 Å². The third-order valence-corrected chi connectivity index (χ3v) is 2.94. The van der Waals surface area contributed by atoms with E-state index in [9.17, 15) is 0 Å². The highest BCUT2D eigenvalue weighted by atomic mass is 14.3. The van der Waals surface area contributed by atoms with E-state index < -0.39 is 0 Å². The fourth-order valence-electron chi connectivity index (χ4n) is 1.94. The van der Waals surface area contributed by atoms with Crippen molar-refractivity contribution in [1.29, 1.82) is 0 Å². The van der Waals surface area contributed by atoms with Crippen molar-refractivity contribution in [3.05, 3.63) is 35.4 Å². The van der Waals surface area contributed by atoms with Crippen molar-refractivity contribution < 1.29 is 0 Å². The average Bonchev–Trinajstić information content (AvgIpc) is 2.17. The molecule has 0 unspecified atom stereocenters. The van der Waals surface area contributed by atoms with Crippen LogP contribution >= 0.6 is 0 Å². The number of rotatable bonds is 2. The van der Waals surface area contributed by atoms with E-state index >= 15 is 0 Å². The van der Waals surface area contributed by atoms with E-state index in [0.717, 1.165) is 0 Å². The molecule has 1 atom stereocenters. The molecule has 0 fully saturated rings. The molecule has 1 aromatic rings. The van der Waals surface area contributed by atoms with Gasteiger partial charge in [0, 0.05) is 5.92 Å². The van der Waals surface area contributed by atoms with Crippen molar-refractivity contribution in [2.45, 2.75) is 46.5 Å². The summed E-state index contributed by atoms with van der Waals surface area (Å²) in [6.45, 7) is 11.0. The molecule has 0 aliphatic heterocycles. The van der Waals surface area contributed by atoms with Gasteiger partial charge in [0.05, 0.1) is 0 Å². The van der Waals surface area contributed by atoms with Crippen LogP contribution < -0.4 is 0 Å². The lowest BCUT2D eigenvalue weighted by Gasteiger charge is -2.27. The van der Waals surface area contributed by atoms with Crippen molar-refractivity contribution in [1.82, 2.24) is 0 Å². The molecule has 0 aliphatic carbocycles. The van der Waals surface area contributed by atoms with Gasteiger partial charge in [-0.25, -0.2) is 0 Å². The molecule has 0 nitrogen and oxygen atoms in total. The Hall–Kier alpha value is -1.22. The van der Waals surface area contributed by atoms with Crippen molar-refractivity contribution in [2.24, 2.45) is 5.41 Å². The molecular weight excluding hydrogens is 192 g/mol. The zero-order valence-corrected chi connectivity index (χ0v) is 11.0. The van der Waals surface area contributed by atoms with Crippen molar-refractivity contribution in [3.63, 3.8) is 0 Å². The topological polar surface area (TPSA) is 0 Å². The van der Waals surface area contributed by atoms with Crippen molar-refractivity contribution in [2.75, 3.05) is 0 Å². The molecule has 16 heavy (non-hydrogen) atoms. The summed E-state index contributed by atoms with van der Waals surface area (Å²) in [5.41, 5.74) is 2.74. The van der Waals surface area contributed by atoms with Gasteiger partial charge in [0.15, 0.2) is 0 Å². The number of benzene rings is 1. The smallest absolute Gasteiger partial charge is 0.0498 e. The molecule has 0 heterocycles. The van der Waals surface area contributed by atoms with Crippen LogP contribution in [0.15, 0.2) is 24.3 Å². The lowest BCUT2D eigenvalue weighted by molar-refractivity contribution is 0.375. The van der Waals surface area contributed by atoms with Crippen LogP contribution in [0.4, 0.5) is 0 Å². The zero-order chi connectivity index (χ0) is 12.3. The molecule has 0 bridgehead atoms. The van der Waals surface area contributed by atoms with Gasteiger partial charge >= 0.3 is 0 Å². The van der Waals surface area contributed by atoms with E-state index in [0.29, 0.717) is 5.92 Å². The molecule has 0 aliphatic rings. The van der Waals surface area contributed by atoms with Crippen LogP contribution in [-0.4, -0.2) is 0 Å². The van der Waals surface area contributed by atoms with E-state index in [1.165, 1.54) is 11.1 Å². The molecule has 0 amide bonds. The molecule has 0 spiro atoms. The highest BCUT2D eigenvalue weighted by Gasteiger charge is 2.24. The molecule has 0 radical (unpaired) electrons. The van der Waals surface area contributed by atoms with Gasteiger partial charge in [-0.3, -0.25) is 0 Å². The average molecular weight is 214 g/mol. The minimum absolute atomic E-state index is 0.115. The van der Waals surface area contributed by atoms with Crippen LogP contribution in [0.1, 0.15) is 57.6 Å². The van der Waals surface area contributed by atoms with Crippen LogP contribution in [0.25, 0.3) is 0 Å². The lowest BCUT2D eigenvalue weighted by Crippen LogP contribution is -2.17. The molecule has 86 valence electrons. The third kappa shape index (κ3) is 2.89. The van der Waals surface area contributed by atoms with Crippen molar-refractivity contribution in [3.8, 4) is 12.3 Å². The first-order valence-corrected chi connectivity index (χ1v) is 5.92. The molecular formula is C16H22. The van der Waals surface area contributed by atoms with Gasteiger partial charge in [-0.15, -0.1) is 6.42 Å². The predicted octanol–water partition coefficient (Wildman–Crippen LogP) is 4.57. The predicted molar refractivity (Wildman–Crippen MR) is 71.6 cm³/mol. The van der Waals surface area contributed by atoms with Gasteiger partial charge in [-0.1, -0.05) is 64.8 Å². The molecule has 1 rings (SSSR count). The Balaban J connectivity index is 3.13. The maximum atomic E-state index is 5.67. The van der Waals surface area contributed by atoms with E-state index in [1.807, 2.05) is 0 Å². The summed E-state index contributed by atoms with van der Waals surface area (Å²) < 4.78 is 0. The minimum atomic E-state index is 0.115.